The van der Waals surface area contributed by atoms with Gasteiger partial charge in [0.1, 0.15) is 5.00 Å². The van der Waals surface area contributed by atoms with Crippen LogP contribution in [0.3, 0.4) is 0 Å². The number of rotatable bonds is 12. The summed E-state index contributed by atoms with van der Waals surface area (Å²) in [6.45, 7) is 0. The van der Waals surface area contributed by atoms with E-state index in [0.29, 0.717) is 29.1 Å². The molecule has 0 aliphatic carbocycles. The molecule has 0 saturated carbocycles. The van der Waals surface area contributed by atoms with E-state index in [1.807, 2.05) is 24.3 Å². The molecule has 7 nitrogen and oxygen atoms in total. The average molecular weight is 570 g/mol. The van der Waals surface area contributed by atoms with E-state index in [9.17, 15) is 27.1 Å². The van der Waals surface area contributed by atoms with Gasteiger partial charge in [0.15, 0.2) is 0 Å². The number of carboxylic acids is 1. The number of benzene rings is 3. The lowest BCUT2D eigenvalue weighted by atomic mass is 9.99. The molecule has 0 aliphatic heterocycles. The van der Waals surface area contributed by atoms with E-state index in [1.165, 1.54) is 27.9 Å². The largest absolute Gasteiger partial charge is 0.478 e. The van der Waals surface area contributed by atoms with Crippen molar-refractivity contribution in [2.24, 2.45) is 0 Å². The molecule has 0 radical (unpaired) electrons. The van der Waals surface area contributed by atoms with Gasteiger partial charge in [-0.15, -0.1) is 11.3 Å². The van der Waals surface area contributed by atoms with E-state index in [1.54, 1.807) is 42.5 Å². The van der Waals surface area contributed by atoms with E-state index in [2.05, 4.69) is 0 Å². The lowest BCUT2D eigenvalue weighted by Gasteiger charge is -2.21. The molecule has 198 valence electrons. The Morgan fingerprint density at radius 2 is 1.42 bits per heavy atom. The van der Waals surface area contributed by atoms with Gasteiger partial charge in [0.25, 0.3) is 11.3 Å². The molecule has 4 aromatic rings. The number of nitrogens with zero attached hydrogens (tertiary/aromatic N) is 1. The number of thiophene rings is 1. The highest BCUT2D eigenvalue weighted by molar-refractivity contribution is 7.91. The Hall–Kier alpha value is -3.31. The van der Waals surface area contributed by atoms with Gasteiger partial charge in [-0.2, -0.15) is 0 Å². The molecule has 10 heteroatoms. The molecule has 0 spiro atoms. The number of sulfone groups is 1. The number of para-hydroxylation sites is 1. The van der Waals surface area contributed by atoms with Gasteiger partial charge in [-0.3, -0.25) is 4.55 Å². The first-order valence-corrected chi connectivity index (χ1v) is 15.4. The Kier molecular flexibility index (Phi) is 9.11. The highest BCUT2D eigenvalue weighted by Crippen LogP contribution is 2.37. The second-order valence-electron chi connectivity index (χ2n) is 8.61. The molecule has 0 bridgehead atoms. The first kappa shape index (κ1) is 27.7. The molecule has 0 amide bonds. The first-order valence-electron chi connectivity index (χ1n) is 12.0. The molecule has 1 unspecified atom stereocenters. The fourth-order valence-electron chi connectivity index (χ4n) is 4.25. The second-order valence-corrected chi connectivity index (χ2v) is 12.3. The van der Waals surface area contributed by atoms with Crippen molar-refractivity contribution in [3.05, 3.63) is 107 Å². The zero-order chi connectivity index (χ0) is 27.1. The van der Waals surface area contributed by atoms with Crippen LogP contribution in [0.2, 0.25) is 0 Å². The minimum atomic E-state index is -3.76. The summed E-state index contributed by atoms with van der Waals surface area (Å²) >= 11 is -1.33. The standard InChI is InChI=1S/C28H27NO6S3/c30-28(31)25-17-9-7-12-21(25)11-3-1-4-13-22-14-8-10-18-26(22)29(37(32)33)27-19-24(20-36-27)38(34,35)23-15-5-2-6-16-23/h2,5-10,12,14-20H,1,3-4,11,13H2,(H,30,31)(H,32,33). The van der Waals surface area contributed by atoms with Gasteiger partial charge in [0.2, 0.25) is 9.84 Å². The molecule has 1 atom stereocenters. The lowest BCUT2D eigenvalue weighted by molar-refractivity contribution is 0.0695. The van der Waals surface area contributed by atoms with Crippen LogP contribution in [0.5, 0.6) is 0 Å². The van der Waals surface area contributed by atoms with E-state index in [-0.39, 0.29) is 9.79 Å². The number of anilines is 2. The van der Waals surface area contributed by atoms with E-state index >= 15 is 0 Å². The maximum absolute atomic E-state index is 13.0. The minimum Gasteiger partial charge on any atom is -0.478 e. The fourth-order valence-corrected chi connectivity index (χ4v) is 7.59. The molecule has 4 rings (SSSR count). The van der Waals surface area contributed by atoms with Crippen LogP contribution < -0.4 is 4.31 Å². The molecule has 2 N–H and O–H groups in total. The molecule has 1 heterocycles. The summed E-state index contributed by atoms with van der Waals surface area (Å²) < 4.78 is 49.9. The van der Waals surface area contributed by atoms with Crippen LogP contribution in [0.25, 0.3) is 0 Å². The van der Waals surface area contributed by atoms with Gasteiger partial charge in [0.05, 0.1) is 21.0 Å². The Labute approximate surface area is 228 Å². The molecule has 0 saturated heterocycles. The van der Waals surface area contributed by atoms with E-state index in [4.69, 9.17) is 0 Å². The van der Waals surface area contributed by atoms with E-state index in [0.717, 1.165) is 41.7 Å². The average Bonchev–Trinajstić information content (AvgIpc) is 3.40. The summed E-state index contributed by atoms with van der Waals surface area (Å²) in [4.78, 5) is 11.6. The zero-order valence-electron chi connectivity index (χ0n) is 20.4. The van der Waals surface area contributed by atoms with Crippen LogP contribution in [0.4, 0.5) is 10.7 Å². The number of aromatic carboxylic acids is 1. The summed E-state index contributed by atoms with van der Waals surface area (Å²) in [7, 11) is -3.76. The van der Waals surface area contributed by atoms with Gasteiger partial charge >= 0.3 is 5.97 Å². The van der Waals surface area contributed by atoms with Crippen LogP contribution in [-0.2, 0) is 33.9 Å². The summed E-state index contributed by atoms with van der Waals surface area (Å²) in [5.41, 5.74) is 2.53. The topological polar surface area (TPSA) is 112 Å². The Bertz CT molecular complexity index is 1530. The molecule has 0 aliphatic rings. The maximum atomic E-state index is 13.0. The minimum absolute atomic E-state index is 0.0678. The van der Waals surface area contributed by atoms with Gasteiger partial charge in [-0.25, -0.2) is 21.7 Å². The third-order valence-corrected chi connectivity index (χ3v) is 9.77. The Morgan fingerprint density at radius 3 is 2.11 bits per heavy atom. The number of unbranched alkanes of at least 4 members (excludes halogenated alkanes) is 2. The fraction of sp³-hybridized carbons (Fsp3) is 0.179. The van der Waals surface area contributed by atoms with Crippen molar-refractivity contribution in [2.45, 2.75) is 41.9 Å². The van der Waals surface area contributed by atoms with Crippen molar-refractivity contribution in [1.82, 2.24) is 0 Å². The molecule has 1 aromatic heterocycles. The second kappa shape index (κ2) is 12.5. The molecular weight excluding hydrogens is 543 g/mol. The summed E-state index contributed by atoms with van der Waals surface area (Å²) in [5, 5.41) is 11.2. The van der Waals surface area contributed by atoms with Crippen LogP contribution in [-0.4, -0.2) is 28.3 Å². The summed E-state index contributed by atoms with van der Waals surface area (Å²) in [5.74, 6) is -0.931. The highest BCUT2D eigenvalue weighted by atomic mass is 32.2. The number of hydrogen-bond donors (Lipinski definition) is 2. The van der Waals surface area contributed by atoms with Crippen molar-refractivity contribution < 1.29 is 27.1 Å². The Balaban J connectivity index is 1.47. The van der Waals surface area contributed by atoms with Crippen molar-refractivity contribution in [3.63, 3.8) is 0 Å². The van der Waals surface area contributed by atoms with Gasteiger partial charge in [-0.1, -0.05) is 61.0 Å². The van der Waals surface area contributed by atoms with Gasteiger partial charge < -0.3 is 5.11 Å². The van der Waals surface area contributed by atoms with Gasteiger partial charge in [-0.05, 0) is 67.1 Å². The summed E-state index contributed by atoms with van der Waals surface area (Å²) in [6, 6.07) is 23.8. The number of carboxylic acid groups (broad SMARTS) is 1. The molecular formula is C28H27NO6S3. The van der Waals surface area contributed by atoms with Gasteiger partial charge in [0, 0.05) is 5.38 Å². The monoisotopic (exact) mass is 569 g/mol. The third kappa shape index (κ3) is 6.39. The third-order valence-electron chi connectivity index (χ3n) is 6.13. The predicted octanol–water partition coefficient (Wildman–Crippen LogP) is 6.51. The zero-order valence-corrected chi connectivity index (χ0v) is 22.8. The molecule has 3 aromatic carbocycles. The highest BCUT2D eigenvalue weighted by Gasteiger charge is 2.24. The normalized spacial score (nSPS) is 12.2. The van der Waals surface area contributed by atoms with E-state index < -0.39 is 27.1 Å². The van der Waals surface area contributed by atoms with Crippen molar-refractivity contribution in [1.29, 1.82) is 0 Å². The maximum Gasteiger partial charge on any atom is 0.335 e. The molecule has 0 fully saturated rings. The quantitative estimate of drug-likeness (QED) is 0.149. The van der Waals surface area contributed by atoms with Crippen LogP contribution >= 0.6 is 11.3 Å². The number of carbonyl (C=O) groups is 1. The molecule has 38 heavy (non-hydrogen) atoms. The van der Waals surface area contributed by atoms with Crippen LogP contribution in [0.15, 0.2) is 100 Å². The summed E-state index contributed by atoms with van der Waals surface area (Å²) in [6.07, 6.45) is 3.77. The van der Waals surface area contributed by atoms with Crippen molar-refractivity contribution in [3.8, 4) is 0 Å². The first-order chi connectivity index (χ1) is 18.3. The van der Waals surface area contributed by atoms with Crippen LogP contribution in [0, 0.1) is 0 Å². The van der Waals surface area contributed by atoms with Crippen molar-refractivity contribution in [2.75, 3.05) is 4.31 Å². The van der Waals surface area contributed by atoms with Crippen LogP contribution in [0.1, 0.15) is 40.7 Å². The number of aryl methyl sites for hydroxylation is 2. The lowest BCUT2D eigenvalue weighted by Crippen LogP contribution is -2.19. The van der Waals surface area contributed by atoms with Crippen molar-refractivity contribution >= 4 is 49.1 Å². The SMILES string of the molecule is O=C(O)c1ccccc1CCCCCc1ccccc1N(c1cc(S(=O)(=O)c2ccccc2)cs1)S(=O)O. The smallest absolute Gasteiger partial charge is 0.335 e. The number of hydrogen-bond acceptors (Lipinski definition) is 5. The Morgan fingerprint density at radius 1 is 0.816 bits per heavy atom. The predicted molar refractivity (Wildman–Crippen MR) is 150 cm³/mol.